The number of likely N-dealkylation sites (tertiary alicyclic amines) is 1. The highest BCUT2D eigenvalue weighted by Crippen LogP contribution is 2.22. The summed E-state index contributed by atoms with van der Waals surface area (Å²) in [7, 11) is 2.15. The van der Waals surface area contributed by atoms with Crippen molar-refractivity contribution in [2.75, 3.05) is 26.7 Å². The van der Waals surface area contributed by atoms with Gasteiger partial charge in [0, 0.05) is 0 Å². The molecule has 0 unspecified atom stereocenters. The normalized spacial score (nSPS) is 18.9. The maximum Gasteiger partial charge on any atom is 0.235 e. The predicted molar refractivity (Wildman–Crippen MR) is 57.0 cm³/mol. The fourth-order valence-corrected chi connectivity index (χ4v) is 1.88. The topological polar surface area (TPSA) is 32.7 Å². The van der Waals surface area contributed by atoms with E-state index in [1.54, 1.807) is 6.08 Å². The number of hydrogen-bond acceptors (Lipinski definition) is 3. The average molecular weight is 194 g/mol. The van der Waals surface area contributed by atoms with Crippen molar-refractivity contribution in [2.24, 2.45) is 10.9 Å². The van der Waals surface area contributed by atoms with Gasteiger partial charge in [-0.2, -0.15) is 0 Å². The molecule has 3 nitrogen and oxygen atoms in total. The molecule has 0 aliphatic carbocycles. The molecule has 1 heterocycles. The maximum absolute atomic E-state index is 9.91. The fourth-order valence-electron chi connectivity index (χ4n) is 1.88. The van der Waals surface area contributed by atoms with Gasteiger partial charge in [-0.1, -0.05) is 12.2 Å². The molecule has 1 rings (SSSR count). The van der Waals surface area contributed by atoms with Crippen LogP contribution in [0.4, 0.5) is 0 Å². The molecular formula is C11H18N2O. The molecule has 14 heavy (non-hydrogen) atoms. The van der Waals surface area contributed by atoms with Gasteiger partial charge < -0.3 is 4.90 Å². The van der Waals surface area contributed by atoms with Gasteiger partial charge in [0.2, 0.25) is 6.08 Å². The molecule has 1 fully saturated rings. The lowest BCUT2D eigenvalue weighted by molar-refractivity contribution is 0.218. The van der Waals surface area contributed by atoms with Crippen LogP contribution in [-0.4, -0.2) is 37.7 Å². The Hall–Kier alpha value is -0.920. The van der Waals surface area contributed by atoms with Crippen molar-refractivity contribution in [2.45, 2.75) is 19.3 Å². The minimum absolute atomic E-state index is 0.454. The van der Waals surface area contributed by atoms with Crippen molar-refractivity contribution in [3.8, 4) is 0 Å². The van der Waals surface area contributed by atoms with Crippen LogP contribution in [0.3, 0.4) is 0 Å². The van der Waals surface area contributed by atoms with E-state index < -0.39 is 0 Å². The van der Waals surface area contributed by atoms with Gasteiger partial charge in [0.25, 0.3) is 0 Å². The van der Waals surface area contributed by atoms with Crippen LogP contribution in [0.5, 0.6) is 0 Å². The van der Waals surface area contributed by atoms with E-state index in [4.69, 9.17) is 0 Å². The molecule has 1 saturated heterocycles. The van der Waals surface area contributed by atoms with Crippen LogP contribution < -0.4 is 0 Å². The molecule has 0 bridgehead atoms. The summed E-state index contributed by atoms with van der Waals surface area (Å²) in [5.74, 6) is 0.737. The largest absolute Gasteiger partial charge is 0.306 e. The number of carbonyl (C=O) groups excluding carboxylic acids is 1. The van der Waals surface area contributed by atoms with E-state index in [2.05, 4.69) is 23.5 Å². The number of rotatable bonds is 4. The Labute approximate surface area is 85.5 Å². The van der Waals surface area contributed by atoms with Crippen LogP contribution in [0.15, 0.2) is 17.1 Å². The van der Waals surface area contributed by atoms with Crippen molar-refractivity contribution < 1.29 is 4.79 Å². The summed E-state index contributed by atoms with van der Waals surface area (Å²) in [6.45, 7) is 6.72. The summed E-state index contributed by atoms with van der Waals surface area (Å²) in [6, 6.07) is 0. The molecule has 0 amide bonds. The zero-order valence-electron chi connectivity index (χ0n) is 8.83. The van der Waals surface area contributed by atoms with Gasteiger partial charge in [0.15, 0.2) is 0 Å². The zero-order chi connectivity index (χ0) is 10.4. The molecule has 0 N–H and O–H groups in total. The minimum atomic E-state index is 0.454. The molecular weight excluding hydrogens is 176 g/mol. The Morgan fingerprint density at radius 1 is 1.57 bits per heavy atom. The SMILES string of the molecule is C=C(CN=C=O)CC1CCN(C)CC1. The average Bonchev–Trinajstić information content (AvgIpc) is 2.18. The highest BCUT2D eigenvalue weighted by Gasteiger charge is 2.16. The van der Waals surface area contributed by atoms with Gasteiger partial charge in [0.1, 0.15) is 0 Å². The smallest absolute Gasteiger partial charge is 0.235 e. The predicted octanol–water partition coefficient (Wildman–Crippen LogP) is 1.61. The summed E-state index contributed by atoms with van der Waals surface area (Å²) in [5.41, 5.74) is 1.06. The maximum atomic E-state index is 9.91. The van der Waals surface area contributed by atoms with Crippen LogP contribution >= 0.6 is 0 Å². The van der Waals surface area contributed by atoms with Gasteiger partial charge in [-0.3, -0.25) is 0 Å². The van der Waals surface area contributed by atoms with Gasteiger partial charge in [0.05, 0.1) is 6.54 Å². The highest BCUT2D eigenvalue weighted by atomic mass is 16.1. The van der Waals surface area contributed by atoms with Crippen LogP contribution in [0.25, 0.3) is 0 Å². The van der Waals surface area contributed by atoms with Crippen molar-refractivity contribution in [1.82, 2.24) is 4.90 Å². The van der Waals surface area contributed by atoms with E-state index in [-0.39, 0.29) is 0 Å². The molecule has 0 aromatic heterocycles. The van der Waals surface area contributed by atoms with Crippen molar-refractivity contribution in [1.29, 1.82) is 0 Å². The standard InChI is InChI=1S/C11H18N2O/c1-10(8-12-9-14)7-11-3-5-13(2)6-4-11/h11H,1,3-8H2,2H3. The first-order valence-corrected chi connectivity index (χ1v) is 5.11. The Morgan fingerprint density at radius 3 is 2.79 bits per heavy atom. The lowest BCUT2D eigenvalue weighted by Gasteiger charge is -2.29. The molecule has 0 aromatic carbocycles. The second kappa shape index (κ2) is 5.74. The number of piperidine rings is 1. The Kier molecular flexibility index (Phi) is 4.57. The van der Waals surface area contributed by atoms with Crippen LogP contribution in [0.2, 0.25) is 0 Å². The number of nitrogens with zero attached hydrogens (tertiary/aromatic N) is 2. The fraction of sp³-hybridized carbons (Fsp3) is 0.727. The molecule has 3 heteroatoms. The molecule has 78 valence electrons. The monoisotopic (exact) mass is 194 g/mol. The van der Waals surface area contributed by atoms with E-state index >= 15 is 0 Å². The molecule has 1 aliphatic rings. The lowest BCUT2D eigenvalue weighted by Crippen LogP contribution is -2.30. The third-order valence-corrected chi connectivity index (χ3v) is 2.78. The van der Waals surface area contributed by atoms with Crippen LogP contribution in [0, 0.1) is 5.92 Å². The Balaban J connectivity index is 2.23. The zero-order valence-corrected chi connectivity index (χ0v) is 8.83. The van der Waals surface area contributed by atoms with Crippen molar-refractivity contribution >= 4 is 6.08 Å². The molecule has 0 radical (unpaired) electrons. The van der Waals surface area contributed by atoms with Gasteiger partial charge >= 0.3 is 0 Å². The quantitative estimate of drug-likeness (QED) is 0.387. The first-order chi connectivity index (χ1) is 6.72. The third-order valence-electron chi connectivity index (χ3n) is 2.78. The van der Waals surface area contributed by atoms with Gasteiger partial charge in [-0.05, 0) is 45.3 Å². The molecule has 0 saturated carbocycles. The number of aliphatic imine (C=N–C) groups is 1. The third kappa shape index (κ3) is 3.86. The molecule has 0 aromatic rings. The number of hydrogen-bond donors (Lipinski definition) is 0. The minimum Gasteiger partial charge on any atom is -0.306 e. The van der Waals surface area contributed by atoms with E-state index in [1.165, 1.54) is 25.9 Å². The second-order valence-corrected chi connectivity index (χ2v) is 4.11. The lowest BCUT2D eigenvalue weighted by atomic mass is 9.91. The molecule has 0 atom stereocenters. The Bertz CT molecular complexity index is 236. The van der Waals surface area contributed by atoms with E-state index in [1.807, 2.05) is 0 Å². The number of isocyanates is 1. The first-order valence-electron chi connectivity index (χ1n) is 5.11. The van der Waals surface area contributed by atoms with E-state index in [0.29, 0.717) is 6.54 Å². The summed E-state index contributed by atoms with van der Waals surface area (Å²) < 4.78 is 0. The van der Waals surface area contributed by atoms with Crippen LogP contribution in [-0.2, 0) is 4.79 Å². The van der Waals surface area contributed by atoms with Crippen molar-refractivity contribution in [3.05, 3.63) is 12.2 Å². The Morgan fingerprint density at radius 2 is 2.21 bits per heavy atom. The van der Waals surface area contributed by atoms with Crippen LogP contribution in [0.1, 0.15) is 19.3 Å². The highest BCUT2D eigenvalue weighted by molar-refractivity contribution is 5.33. The summed E-state index contributed by atoms with van der Waals surface area (Å²) in [6.07, 6.45) is 5.03. The summed E-state index contributed by atoms with van der Waals surface area (Å²) in [5, 5.41) is 0. The van der Waals surface area contributed by atoms with Gasteiger partial charge in [-0.15, -0.1) is 0 Å². The van der Waals surface area contributed by atoms with Gasteiger partial charge in [-0.25, -0.2) is 9.79 Å². The molecule has 0 spiro atoms. The summed E-state index contributed by atoms with van der Waals surface area (Å²) in [4.78, 5) is 15.8. The van der Waals surface area contributed by atoms with E-state index in [0.717, 1.165) is 17.9 Å². The second-order valence-electron chi connectivity index (χ2n) is 4.11. The molecule has 1 aliphatic heterocycles. The van der Waals surface area contributed by atoms with Crippen molar-refractivity contribution in [3.63, 3.8) is 0 Å². The summed E-state index contributed by atoms with van der Waals surface area (Å²) >= 11 is 0. The van der Waals surface area contributed by atoms with E-state index in [9.17, 15) is 4.79 Å². The first kappa shape index (κ1) is 11.2.